The van der Waals surface area contributed by atoms with E-state index in [-0.39, 0.29) is 11.7 Å². The largest absolute Gasteiger partial charge is 0.496 e. The van der Waals surface area contributed by atoms with Gasteiger partial charge in [0.2, 0.25) is 5.91 Å². The first-order valence-electron chi connectivity index (χ1n) is 9.63. The van der Waals surface area contributed by atoms with Crippen molar-refractivity contribution in [2.75, 3.05) is 19.1 Å². The van der Waals surface area contributed by atoms with Gasteiger partial charge in [0.25, 0.3) is 5.91 Å². The summed E-state index contributed by atoms with van der Waals surface area (Å²) in [6, 6.07) is 11.6. The zero-order valence-electron chi connectivity index (χ0n) is 17.6. The van der Waals surface area contributed by atoms with E-state index >= 15 is 0 Å². The lowest BCUT2D eigenvalue weighted by molar-refractivity contribution is -0.123. The highest BCUT2D eigenvalue weighted by molar-refractivity contribution is 7.98. The number of nitrogens with one attached hydrogen (secondary N) is 2. The summed E-state index contributed by atoms with van der Waals surface area (Å²) >= 11 is 1.56. The van der Waals surface area contributed by atoms with E-state index in [1.54, 1.807) is 55.1 Å². The fourth-order valence-electron chi connectivity index (χ4n) is 2.93. The van der Waals surface area contributed by atoms with E-state index in [9.17, 15) is 18.4 Å². The van der Waals surface area contributed by atoms with Crippen molar-refractivity contribution in [3.63, 3.8) is 0 Å². The number of thioether (sulfide) groups is 1. The summed E-state index contributed by atoms with van der Waals surface area (Å²) in [5.41, 5.74) is 0.933. The Balaban J connectivity index is 2.11. The lowest BCUT2D eigenvalue weighted by Gasteiger charge is -2.22. The van der Waals surface area contributed by atoms with Gasteiger partial charge in [-0.25, -0.2) is 0 Å². The molecule has 2 N–H and O–H groups in total. The Morgan fingerprint density at radius 1 is 1.10 bits per heavy atom. The Morgan fingerprint density at radius 3 is 2.52 bits per heavy atom. The molecule has 0 fully saturated rings. The van der Waals surface area contributed by atoms with Gasteiger partial charge in [-0.15, -0.1) is 0 Å². The number of carbonyl (C=O) groups excluding carboxylic acids is 2. The quantitative estimate of drug-likeness (QED) is 0.539. The first kappa shape index (κ1) is 24.5. The maximum atomic E-state index is 12.9. The number of rotatable bonds is 11. The Hall–Kier alpha value is -2.81. The molecule has 9 heteroatoms. The van der Waals surface area contributed by atoms with Gasteiger partial charge in [0.1, 0.15) is 17.5 Å². The van der Waals surface area contributed by atoms with Gasteiger partial charge in [-0.3, -0.25) is 9.59 Å². The minimum Gasteiger partial charge on any atom is -0.496 e. The first-order chi connectivity index (χ1) is 14.8. The Morgan fingerprint density at radius 2 is 1.84 bits per heavy atom. The number of alkyl halides is 2. The summed E-state index contributed by atoms with van der Waals surface area (Å²) in [6.07, 6.45) is 2.34. The van der Waals surface area contributed by atoms with Crippen molar-refractivity contribution in [1.82, 2.24) is 10.6 Å². The molecule has 0 saturated carbocycles. The molecule has 0 bridgehead atoms. The van der Waals surface area contributed by atoms with Gasteiger partial charge >= 0.3 is 6.61 Å². The molecule has 0 aromatic heterocycles. The van der Waals surface area contributed by atoms with Crippen LogP contribution in [0.2, 0.25) is 0 Å². The topological polar surface area (TPSA) is 76.7 Å². The molecule has 0 aliphatic heterocycles. The van der Waals surface area contributed by atoms with E-state index in [2.05, 4.69) is 15.4 Å². The van der Waals surface area contributed by atoms with E-state index < -0.39 is 24.6 Å². The predicted octanol–water partition coefficient (Wildman–Crippen LogP) is 4.03. The van der Waals surface area contributed by atoms with Crippen LogP contribution >= 0.6 is 11.8 Å². The molecule has 2 rings (SSSR count). The maximum Gasteiger partial charge on any atom is 0.387 e. The summed E-state index contributed by atoms with van der Waals surface area (Å²) in [5.74, 6) is 0.296. The molecule has 2 atom stereocenters. The van der Waals surface area contributed by atoms with Gasteiger partial charge in [0.05, 0.1) is 18.7 Å². The summed E-state index contributed by atoms with van der Waals surface area (Å²) in [6.45, 7) is -1.20. The summed E-state index contributed by atoms with van der Waals surface area (Å²) in [7, 11) is 1.47. The van der Waals surface area contributed by atoms with Gasteiger partial charge in [0.15, 0.2) is 0 Å². The van der Waals surface area contributed by atoms with Crippen LogP contribution in [0.15, 0.2) is 48.5 Å². The number of ether oxygens (including phenoxy) is 2. The van der Waals surface area contributed by atoms with Crippen molar-refractivity contribution in [2.45, 2.75) is 32.0 Å². The third kappa shape index (κ3) is 7.43. The Kier molecular flexibility index (Phi) is 9.58. The fraction of sp³-hybridized carbons (Fsp3) is 0.364. The number of hydrogen-bond acceptors (Lipinski definition) is 5. The number of carbonyl (C=O) groups is 2. The van der Waals surface area contributed by atoms with Gasteiger partial charge < -0.3 is 20.1 Å². The second kappa shape index (κ2) is 12.1. The number of hydrogen-bond donors (Lipinski definition) is 2. The highest BCUT2D eigenvalue weighted by atomic mass is 32.2. The van der Waals surface area contributed by atoms with Crippen LogP contribution < -0.4 is 20.1 Å². The van der Waals surface area contributed by atoms with Crippen LogP contribution in [-0.2, 0) is 4.79 Å². The fourth-order valence-corrected chi connectivity index (χ4v) is 3.40. The molecule has 31 heavy (non-hydrogen) atoms. The van der Waals surface area contributed by atoms with Crippen LogP contribution in [0.25, 0.3) is 0 Å². The highest BCUT2D eigenvalue weighted by Gasteiger charge is 2.24. The number of amides is 2. The summed E-state index contributed by atoms with van der Waals surface area (Å²) in [5, 5.41) is 5.60. The molecule has 0 radical (unpaired) electrons. The van der Waals surface area contributed by atoms with Gasteiger partial charge in [-0.2, -0.15) is 20.5 Å². The number of methoxy groups -OCH3 is 1. The van der Waals surface area contributed by atoms with E-state index in [4.69, 9.17) is 4.74 Å². The van der Waals surface area contributed by atoms with Crippen LogP contribution in [-0.4, -0.2) is 43.6 Å². The average molecular weight is 453 g/mol. The first-order valence-corrected chi connectivity index (χ1v) is 11.0. The second-order valence-corrected chi connectivity index (χ2v) is 7.67. The van der Waals surface area contributed by atoms with Crippen LogP contribution in [0.4, 0.5) is 8.78 Å². The number of halogens is 2. The van der Waals surface area contributed by atoms with Gasteiger partial charge in [0, 0.05) is 0 Å². The van der Waals surface area contributed by atoms with Crippen LogP contribution in [0, 0.1) is 0 Å². The van der Waals surface area contributed by atoms with Crippen molar-refractivity contribution in [2.24, 2.45) is 0 Å². The van der Waals surface area contributed by atoms with Crippen molar-refractivity contribution in [3.8, 4) is 11.5 Å². The molecule has 2 amide bonds. The number of benzene rings is 2. The average Bonchev–Trinajstić information content (AvgIpc) is 2.75. The summed E-state index contributed by atoms with van der Waals surface area (Å²) in [4.78, 5) is 25.6. The van der Waals surface area contributed by atoms with Crippen LogP contribution in [0.5, 0.6) is 11.5 Å². The molecule has 6 nitrogen and oxygen atoms in total. The minimum atomic E-state index is -2.93. The Bertz CT molecular complexity index is 882. The van der Waals surface area contributed by atoms with Crippen molar-refractivity contribution < 1.29 is 27.8 Å². The molecule has 0 saturated heterocycles. The molecule has 0 heterocycles. The predicted molar refractivity (Wildman–Crippen MR) is 117 cm³/mol. The molecule has 2 aromatic rings. The monoisotopic (exact) mass is 452 g/mol. The van der Waals surface area contributed by atoms with E-state index in [1.807, 2.05) is 6.26 Å². The molecule has 168 valence electrons. The second-order valence-electron chi connectivity index (χ2n) is 6.69. The summed E-state index contributed by atoms with van der Waals surface area (Å²) < 4.78 is 34.6. The van der Waals surface area contributed by atoms with Crippen molar-refractivity contribution >= 4 is 23.6 Å². The molecule has 0 aliphatic rings. The van der Waals surface area contributed by atoms with Gasteiger partial charge in [-0.1, -0.05) is 24.3 Å². The molecule has 2 aromatic carbocycles. The smallest absolute Gasteiger partial charge is 0.387 e. The maximum absolute atomic E-state index is 12.9. The van der Waals surface area contributed by atoms with Crippen molar-refractivity contribution in [1.29, 1.82) is 0 Å². The lowest BCUT2D eigenvalue weighted by atomic mass is 10.1. The highest BCUT2D eigenvalue weighted by Crippen LogP contribution is 2.21. The van der Waals surface area contributed by atoms with Crippen molar-refractivity contribution in [3.05, 3.63) is 59.7 Å². The van der Waals surface area contributed by atoms with E-state index in [1.165, 1.54) is 19.2 Å². The zero-order chi connectivity index (χ0) is 22.8. The third-order valence-electron chi connectivity index (χ3n) is 4.53. The molecule has 0 spiro atoms. The Labute approximate surface area is 184 Å². The van der Waals surface area contributed by atoms with E-state index in [0.29, 0.717) is 29.1 Å². The molecule has 0 aliphatic carbocycles. The zero-order valence-corrected chi connectivity index (χ0v) is 18.4. The lowest BCUT2D eigenvalue weighted by Crippen LogP contribution is -2.47. The number of para-hydroxylation sites is 1. The van der Waals surface area contributed by atoms with E-state index in [0.717, 1.165) is 0 Å². The molecule has 2 unspecified atom stereocenters. The minimum absolute atomic E-state index is 0.0111. The van der Waals surface area contributed by atoms with Gasteiger partial charge in [-0.05, 0) is 55.2 Å². The molecular weight excluding hydrogens is 426 g/mol. The van der Waals surface area contributed by atoms with Crippen LogP contribution in [0.1, 0.15) is 35.3 Å². The SMILES string of the molecule is COc1ccccc1C(=O)NC(CCSC)C(=O)NC(C)c1cccc(OC(F)F)c1. The standard InChI is InChI=1S/C22H26F2N2O4S/c1-14(15-7-6-8-16(13-15)30-22(23)24)25-21(28)18(11-12-31-3)26-20(27)17-9-4-5-10-19(17)29-2/h4-10,13-14,18,22H,11-12H2,1-3H3,(H,25,28)(H,26,27). The third-order valence-corrected chi connectivity index (χ3v) is 5.17. The normalized spacial score (nSPS) is 12.7. The molecular formula is C22H26F2N2O4S. The van der Waals surface area contributed by atoms with Crippen LogP contribution in [0.3, 0.4) is 0 Å².